The van der Waals surface area contributed by atoms with Crippen molar-refractivity contribution in [2.75, 3.05) is 38.7 Å². The van der Waals surface area contributed by atoms with Crippen LogP contribution in [0.3, 0.4) is 0 Å². The summed E-state index contributed by atoms with van der Waals surface area (Å²) >= 11 is 0. The summed E-state index contributed by atoms with van der Waals surface area (Å²) in [7, 11) is -3.96. The second kappa shape index (κ2) is 11.1. The number of rotatable bonds is 9. The molecule has 3 N–H and O–H groups in total. The molecule has 1 saturated heterocycles. The van der Waals surface area contributed by atoms with Crippen molar-refractivity contribution in [2.24, 2.45) is 11.8 Å². The van der Waals surface area contributed by atoms with Gasteiger partial charge in [-0.2, -0.15) is 0 Å². The number of aromatic amines is 1. The second-order valence-electron chi connectivity index (χ2n) is 9.43. The molecule has 10 heteroatoms. The van der Waals surface area contributed by atoms with Crippen LogP contribution in [0.15, 0.2) is 18.2 Å². The molecule has 35 heavy (non-hydrogen) atoms. The van der Waals surface area contributed by atoms with Gasteiger partial charge in [-0.1, -0.05) is 0 Å². The summed E-state index contributed by atoms with van der Waals surface area (Å²) in [5.74, 6) is -0.372. The van der Waals surface area contributed by atoms with E-state index in [4.69, 9.17) is 9.84 Å². The molecular weight excluding hydrogens is 470 g/mol. The number of sulfonamides is 1. The molecule has 192 valence electrons. The van der Waals surface area contributed by atoms with Crippen molar-refractivity contribution < 1.29 is 27.9 Å². The van der Waals surface area contributed by atoms with Crippen LogP contribution in [0, 0.1) is 11.8 Å². The Balaban J connectivity index is 1.59. The number of benzene rings is 1. The highest BCUT2D eigenvalue weighted by molar-refractivity contribution is 7.89. The maximum atomic E-state index is 13.4. The third-order valence-electron chi connectivity index (χ3n) is 7.28. The third-order valence-corrected chi connectivity index (χ3v) is 8.97. The molecule has 1 aliphatic heterocycles. The minimum atomic E-state index is -3.96. The van der Waals surface area contributed by atoms with Crippen LogP contribution in [0.1, 0.15) is 54.2 Å². The predicted molar refractivity (Wildman–Crippen MR) is 133 cm³/mol. The number of fused-ring (bicyclic) bond motifs is 3. The number of H-pyrrole nitrogens is 1. The first-order valence-electron chi connectivity index (χ1n) is 12.5. The molecular formula is C25H35N3O6S. The Hall–Kier alpha value is -2.43. The maximum Gasteiger partial charge on any atom is 0.267 e. The average Bonchev–Trinajstić information content (AvgIpc) is 3.24. The van der Waals surface area contributed by atoms with Crippen molar-refractivity contribution in [3.8, 4) is 0 Å². The zero-order valence-corrected chi connectivity index (χ0v) is 21.0. The minimum Gasteiger partial charge on any atom is -0.396 e. The standard InChI is InChI=1S/C25H35N3O6S/c1-2-35(32,33)28(16-24(30)26-10-3-11-29)25(31)19-5-7-23-21(15-19)20-14-18(4-6-22(20)27-23)17-8-12-34-13-9-17/h5,7,15,17-18,27,29H,2-4,6,8-14,16H2,1H3,(H,26,30). The van der Waals surface area contributed by atoms with Crippen LogP contribution < -0.4 is 5.32 Å². The lowest BCUT2D eigenvalue weighted by Crippen LogP contribution is -2.45. The minimum absolute atomic E-state index is 0.0907. The molecule has 4 rings (SSSR count). The van der Waals surface area contributed by atoms with E-state index >= 15 is 0 Å². The molecule has 0 spiro atoms. The van der Waals surface area contributed by atoms with Crippen LogP contribution in [0.2, 0.25) is 0 Å². The molecule has 1 aliphatic carbocycles. The van der Waals surface area contributed by atoms with Crippen molar-refractivity contribution in [2.45, 2.75) is 45.4 Å². The topological polar surface area (TPSA) is 129 Å². The summed E-state index contributed by atoms with van der Waals surface area (Å²) in [5, 5.41) is 12.4. The van der Waals surface area contributed by atoms with Crippen molar-refractivity contribution in [3.05, 3.63) is 35.0 Å². The normalized spacial score (nSPS) is 18.9. The van der Waals surface area contributed by atoms with Gasteiger partial charge in [0, 0.05) is 48.5 Å². The number of ether oxygens (including phenoxy) is 1. The molecule has 0 saturated carbocycles. The van der Waals surface area contributed by atoms with Crippen molar-refractivity contribution >= 4 is 32.7 Å². The number of nitrogens with one attached hydrogen (secondary N) is 2. The van der Waals surface area contributed by atoms with Crippen molar-refractivity contribution in [3.63, 3.8) is 0 Å². The van der Waals surface area contributed by atoms with Crippen LogP contribution >= 0.6 is 0 Å². The van der Waals surface area contributed by atoms with E-state index in [-0.39, 0.29) is 24.5 Å². The van der Waals surface area contributed by atoms with Gasteiger partial charge in [-0.05, 0) is 81.0 Å². The summed E-state index contributed by atoms with van der Waals surface area (Å²) < 4.78 is 31.6. The zero-order chi connectivity index (χ0) is 25.0. The maximum absolute atomic E-state index is 13.4. The van der Waals surface area contributed by atoms with Gasteiger partial charge in [0.15, 0.2) is 0 Å². The highest BCUT2D eigenvalue weighted by Crippen LogP contribution is 2.38. The van der Waals surface area contributed by atoms with Crippen LogP contribution in [-0.2, 0) is 32.4 Å². The van der Waals surface area contributed by atoms with E-state index in [9.17, 15) is 18.0 Å². The molecule has 1 aromatic heterocycles. The van der Waals surface area contributed by atoms with Gasteiger partial charge in [-0.3, -0.25) is 9.59 Å². The molecule has 1 fully saturated rings. The van der Waals surface area contributed by atoms with Gasteiger partial charge in [0.25, 0.3) is 5.91 Å². The molecule has 9 nitrogen and oxygen atoms in total. The zero-order valence-electron chi connectivity index (χ0n) is 20.2. The van der Waals surface area contributed by atoms with Gasteiger partial charge in [0.2, 0.25) is 15.9 Å². The highest BCUT2D eigenvalue weighted by Gasteiger charge is 2.32. The molecule has 1 unspecified atom stereocenters. The molecule has 2 heterocycles. The number of amides is 2. The lowest BCUT2D eigenvalue weighted by Gasteiger charge is -2.33. The Morgan fingerprint density at radius 1 is 1.20 bits per heavy atom. The number of aromatic nitrogens is 1. The van der Waals surface area contributed by atoms with E-state index in [0.29, 0.717) is 22.6 Å². The molecule has 2 amide bonds. The largest absolute Gasteiger partial charge is 0.396 e. The molecule has 0 bridgehead atoms. The Morgan fingerprint density at radius 2 is 1.97 bits per heavy atom. The predicted octanol–water partition coefficient (Wildman–Crippen LogP) is 1.99. The summed E-state index contributed by atoms with van der Waals surface area (Å²) in [6.45, 7) is 2.61. The van der Waals surface area contributed by atoms with Gasteiger partial charge < -0.3 is 20.1 Å². The number of nitrogens with zero attached hydrogens (tertiary/aromatic N) is 1. The molecule has 2 aliphatic rings. The first-order chi connectivity index (χ1) is 16.8. The fourth-order valence-electron chi connectivity index (χ4n) is 5.26. The summed E-state index contributed by atoms with van der Waals surface area (Å²) in [4.78, 5) is 29.2. The third kappa shape index (κ3) is 5.70. The van der Waals surface area contributed by atoms with Crippen LogP contribution in [0.4, 0.5) is 0 Å². The van der Waals surface area contributed by atoms with Crippen molar-refractivity contribution in [1.82, 2.24) is 14.6 Å². The molecule has 1 atom stereocenters. The quantitative estimate of drug-likeness (QED) is 0.447. The van der Waals surface area contributed by atoms with Gasteiger partial charge in [-0.15, -0.1) is 0 Å². The van der Waals surface area contributed by atoms with Gasteiger partial charge in [0.1, 0.15) is 6.54 Å². The smallest absolute Gasteiger partial charge is 0.267 e. The fraction of sp³-hybridized carbons (Fsp3) is 0.600. The number of carbonyl (C=O) groups excluding carboxylic acids is 2. The monoisotopic (exact) mass is 505 g/mol. The summed E-state index contributed by atoms with van der Waals surface area (Å²) in [5.41, 5.74) is 3.58. The lowest BCUT2D eigenvalue weighted by atomic mass is 9.75. The number of hydrogen-bond donors (Lipinski definition) is 3. The van der Waals surface area contributed by atoms with Crippen molar-refractivity contribution in [1.29, 1.82) is 0 Å². The fourth-order valence-corrected chi connectivity index (χ4v) is 6.24. The van der Waals surface area contributed by atoms with E-state index < -0.39 is 28.4 Å². The second-order valence-corrected chi connectivity index (χ2v) is 11.6. The average molecular weight is 506 g/mol. The highest BCUT2D eigenvalue weighted by atomic mass is 32.2. The number of hydrogen-bond acceptors (Lipinski definition) is 6. The number of aryl methyl sites for hydroxylation is 1. The number of aliphatic hydroxyl groups is 1. The van der Waals surface area contributed by atoms with Crippen LogP contribution in [-0.4, -0.2) is 73.3 Å². The van der Waals surface area contributed by atoms with Gasteiger partial charge >= 0.3 is 0 Å². The van der Waals surface area contributed by atoms with Gasteiger partial charge in [0.05, 0.1) is 5.75 Å². The van der Waals surface area contributed by atoms with E-state index in [1.165, 1.54) is 18.2 Å². The lowest BCUT2D eigenvalue weighted by molar-refractivity contribution is -0.121. The Labute approximate surface area is 206 Å². The van der Waals surface area contributed by atoms with Crippen LogP contribution in [0.25, 0.3) is 10.9 Å². The first-order valence-corrected chi connectivity index (χ1v) is 14.1. The van der Waals surface area contributed by atoms with E-state index in [2.05, 4.69) is 10.3 Å². The Bertz CT molecular complexity index is 1170. The van der Waals surface area contributed by atoms with E-state index in [1.54, 1.807) is 12.1 Å². The summed E-state index contributed by atoms with van der Waals surface area (Å²) in [6, 6.07) is 5.20. The molecule has 0 radical (unpaired) electrons. The Morgan fingerprint density at radius 3 is 2.69 bits per heavy atom. The number of carbonyl (C=O) groups is 2. The first kappa shape index (κ1) is 25.7. The molecule has 2 aromatic rings. The van der Waals surface area contributed by atoms with E-state index in [1.807, 2.05) is 6.07 Å². The SMILES string of the molecule is CCS(=O)(=O)N(CC(=O)NCCCO)C(=O)c1ccc2[nH]c3c(c2c1)CC(C1CCOCC1)CC3. The Kier molecular flexibility index (Phi) is 8.13. The van der Waals surface area contributed by atoms with E-state index in [0.717, 1.165) is 56.2 Å². The molecule has 1 aromatic carbocycles. The van der Waals surface area contributed by atoms with Crippen LogP contribution in [0.5, 0.6) is 0 Å². The van der Waals surface area contributed by atoms with Gasteiger partial charge in [-0.25, -0.2) is 12.7 Å². The number of aliphatic hydroxyl groups excluding tert-OH is 1. The summed E-state index contributed by atoms with van der Waals surface area (Å²) in [6.07, 6.45) is 5.53.